The fraction of sp³-hybridized carbons (Fsp3) is 0.500. The van der Waals surface area contributed by atoms with Gasteiger partial charge in [0.1, 0.15) is 12.1 Å². The van der Waals surface area contributed by atoms with E-state index in [-0.39, 0.29) is 5.41 Å². The van der Waals surface area contributed by atoms with E-state index in [0.717, 1.165) is 25.3 Å². The van der Waals surface area contributed by atoms with Crippen molar-refractivity contribution in [2.24, 2.45) is 0 Å². The minimum Gasteiger partial charge on any atom is -0.322 e. The normalized spacial score (nSPS) is 30.8. The molecule has 1 fully saturated rings. The molecule has 1 aromatic heterocycles. The lowest BCUT2D eigenvalue weighted by molar-refractivity contribution is 0.416. The monoisotopic (exact) mass is 320 g/mol. The van der Waals surface area contributed by atoms with Crippen molar-refractivity contribution in [2.45, 2.75) is 50.5 Å². The summed E-state index contributed by atoms with van der Waals surface area (Å²) in [6, 6.07) is 9.35. The van der Waals surface area contributed by atoms with Gasteiger partial charge in [-0.1, -0.05) is 25.1 Å². The van der Waals surface area contributed by atoms with Gasteiger partial charge in [0.15, 0.2) is 0 Å². The number of benzene rings is 1. The van der Waals surface area contributed by atoms with E-state index in [1.807, 2.05) is 0 Å². The van der Waals surface area contributed by atoms with Gasteiger partial charge in [-0.2, -0.15) is 0 Å². The van der Waals surface area contributed by atoms with Crippen LogP contribution in [-0.2, 0) is 11.8 Å². The first-order valence-electron chi connectivity index (χ1n) is 9.15. The largest absolute Gasteiger partial charge is 0.322 e. The number of aryl methyl sites for hydroxylation is 1. The SMILES string of the molecule is CC1N(c2ncnc3c2[C@H](C)CC3)c2ccccc2C12CCNC2. The molecule has 2 aromatic rings. The lowest BCUT2D eigenvalue weighted by atomic mass is 9.76. The molecule has 4 heteroatoms. The number of nitrogens with one attached hydrogen (secondary N) is 1. The molecule has 124 valence electrons. The molecule has 1 aromatic carbocycles. The van der Waals surface area contributed by atoms with Crippen LogP contribution in [0.3, 0.4) is 0 Å². The smallest absolute Gasteiger partial charge is 0.140 e. The second-order valence-electron chi connectivity index (χ2n) is 7.64. The summed E-state index contributed by atoms with van der Waals surface area (Å²) in [5.74, 6) is 1.70. The standard InChI is InChI=1S/C20H24N4/c1-13-7-8-16-18(13)19(23-12-22-16)24-14(2)20(9-10-21-11-20)15-5-3-4-6-17(15)24/h3-6,12-14,21H,7-11H2,1-2H3/t13-,14?,20?/m1/s1. The van der Waals surface area contributed by atoms with Crippen molar-refractivity contribution in [3.8, 4) is 0 Å². The van der Waals surface area contributed by atoms with Gasteiger partial charge < -0.3 is 10.2 Å². The van der Waals surface area contributed by atoms with Crippen LogP contribution in [0.5, 0.6) is 0 Å². The van der Waals surface area contributed by atoms with E-state index >= 15 is 0 Å². The maximum atomic E-state index is 4.78. The fourth-order valence-electron chi connectivity index (χ4n) is 5.20. The van der Waals surface area contributed by atoms with E-state index in [0.29, 0.717) is 12.0 Å². The van der Waals surface area contributed by atoms with Crippen molar-refractivity contribution in [3.63, 3.8) is 0 Å². The lowest BCUT2D eigenvalue weighted by Gasteiger charge is -2.34. The zero-order valence-corrected chi connectivity index (χ0v) is 14.4. The number of aromatic nitrogens is 2. The Morgan fingerprint density at radius 1 is 1.21 bits per heavy atom. The lowest BCUT2D eigenvalue weighted by Crippen LogP contribution is -2.43. The van der Waals surface area contributed by atoms with Crippen molar-refractivity contribution in [3.05, 3.63) is 47.4 Å². The highest BCUT2D eigenvalue weighted by Gasteiger charge is 2.51. The summed E-state index contributed by atoms with van der Waals surface area (Å²) in [5, 5.41) is 3.60. The van der Waals surface area contributed by atoms with Crippen LogP contribution in [0.2, 0.25) is 0 Å². The molecule has 3 atom stereocenters. The summed E-state index contributed by atoms with van der Waals surface area (Å²) >= 11 is 0. The molecule has 1 N–H and O–H groups in total. The number of para-hydroxylation sites is 1. The average Bonchev–Trinajstić information content (AvgIpc) is 3.29. The van der Waals surface area contributed by atoms with Gasteiger partial charge in [0, 0.05) is 34.9 Å². The van der Waals surface area contributed by atoms with E-state index in [9.17, 15) is 0 Å². The van der Waals surface area contributed by atoms with Crippen molar-refractivity contribution in [2.75, 3.05) is 18.0 Å². The molecule has 1 saturated heterocycles. The molecule has 4 nitrogen and oxygen atoms in total. The van der Waals surface area contributed by atoms with Crippen LogP contribution in [0.15, 0.2) is 30.6 Å². The van der Waals surface area contributed by atoms with Gasteiger partial charge in [-0.25, -0.2) is 9.97 Å². The van der Waals surface area contributed by atoms with Crippen LogP contribution in [0.4, 0.5) is 11.5 Å². The van der Waals surface area contributed by atoms with Crippen molar-refractivity contribution in [1.82, 2.24) is 15.3 Å². The molecular formula is C20H24N4. The van der Waals surface area contributed by atoms with Crippen molar-refractivity contribution < 1.29 is 0 Å². The van der Waals surface area contributed by atoms with Crippen molar-refractivity contribution >= 4 is 11.5 Å². The first-order chi connectivity index (χ1) is 11.7. The summed E-state index contributed by atoms with van der Waals surface area (Å²) in [5.41, 5.74) is 5.66. The highest BCUT2D eigenvalue weighted by Crippen LogP contribution is 2.53. The Balaban J connectivity index is 1.72. The van der Waals surface area contributed by atoms with Gasteiger partial charge in [-0.15, -0.1) is 0 Å². The minimum absolute atomic E-state index is 0.205. The van der Waals surface area contributed by atoms with E-state index in [1.54, 1.807) is 6.33 Å². The molecule has 3 aliphatic rings. The first kappa shape index (κ1) is 14.4. The number of hydrogen-bond acceptors (Lipinski definition) is 4. The molecule has 0 amide bonds. The van der Waals surface area contributed by atoms with Crippen LogP contribution in [-0.4, -0.2) is 29.1 Å². The quantitative estimate of drug-likeness (QED) is 0.875. The fourth-order valence-corrected chi connectivity index (χ4v) is 5.20. The number of rotatable bonds is 1. The van der Waals surface area contributed by atoms with Gasteiger partial charge in [0.25, 0.3) is 0 Å². The predicted molar refractivity (Wildman–Crippen MR) is 96.0 cm³/mol. The van der Waals surface area contributed by atoms with Crippen LogP contribution in [0, 0.1) is 0 Å². The second-order valence-corrected chi connectivity index (χ2v) is 7.64. The Bertz CT molecular complexity index is 794. The summed E-state index contributed by atoms with van der Waals surface area (Å²) in [6.07, 6.45) is 5.24. The highest BCUT2D eigenvalue weighted by atomic mass is 15.3. The Morgan fingerprint density at radius 2 is 2.08 bits per heavy atom. The molecule has 1 spiro atoms. The van der Waals surface area contributed by atoms with Gasteiger partial charge in [-0.3, -0.25) is 0 Å². The third kappa shape index (κ3) is 1.72. The summed E-state index contributed by atoms with van der Waals surface area (Å²) in [7, 11) is 0. The summed E-state index contributed by atoms with van der Waals surface area (Å²) < 4.78 is 0. The molecule has 5 rings (SSSR count). The van der Waals surface area contributed by atoms with Gasteiger partial charge >= 0.3 is 0 Å². The molecule has 2 unspecified atom stereocenters. The molecule has 3 heterocycles. The Kier molecular flexibility index (Phi) is 3.02. The maximum Gasteiger partial charge on any atom is 0.140 e. The Labute approximate surface area is 143 Å². The van der Waals surface area contributed by atoms with E-state index < -0.39 is 0 Å². The third-order valence-corrected chi connectivity index (χ3v) is 6.56. The van der Waals surface area contributed by atoms with Gasteiger partial charge in [0.05, 0.1) is 0 Å². The number of anilines is 2. The molecular weight excluding hydrogens is 296 g/mol. The molecule has 0 radical (unpaired) electrons. The minimum atomic E-state index is 0.205. The molecule has 24 heavy (non-hydrogen) atoms. The van der Waals surface area contributed by atoms with Gasteiger partial charge in [-0.05, 0) is 50.3 Å². The topological polar surface area (TPSA) is 41.1 Å². The second kappa shape index (κ2) is 5.03. The zero-order chi connectivity index (χ0) is 16.3. The average molecular weight is 320 g/mol. The van der Waals surface area contributed by atoms with E-state index in [1.165, 1.54) is 35.3 Å². The Morgan fingerprint density at radius 3 is 2.92 bits per heavy atom. The zero-order valence-electron chi connectivity index (χ0n) is 14.4. The summed E-state index contributed by atoms with van der Waals surface area (Å²) in [6.45, 7) is 6.86. The number of nitrogens with zero attached hydrogens (tertiary/aromatic N) is 3. The number of fused-ring (bicyclic) bond motifs is 3. The van der Waals surface area contributed by atoms with Crippen LogP contribution in [0.1, 0.15) is 49.4 Å². The van der Waals surface area contributed by atoms with E-state index in [4.69, 9.17) is 4.98 Å². The summed E-state index contributed by atoms with van der Waals surface area (Å²) in [4.78, 5) is 11.8. The van der Waals surface area contributed by atoms with Crippen LogP contribution >= 0.6 is 0 Å². The molecule has 0 bridgehead atoms. The number of hydrogen-bond donors (Lipinski definition) is 1. The van der Waals surface area contributed by atoms with Crippen LogP contribution in [0.25, 0.3) is 0 Å². The third-order valence-electron chi connectivity index (χ3n) is 6.56. The maximum absolute atomic E-state index is 4.78. The van der Waals surface area contributed by atoms with E-state index in [2.05, 4.69) is 53.3 Å². The van der Waals surface area contributed by atoms with Crippen molar-refractivity contribution in [1.29, 1.82) is 0 Å². The van der Waals surface area contributed by atoms with Gasteiger partial charge in [0.2, 0.25) is 0 Å². The first-order valence-corrected chi connectivity index (χ1v) is 9.15. The highest BCUT2D eigenvalue weighted by molar-refractivity contribution is 5.75. The molecule has 1 aliphatic carbocycles. The Hall–Kier alpha value is -1.94. The molecule has 2 aliphatic heterocycles. The molecule has 0 saturated carbocycles. The predicted octanol–water partition coefficient (Wildman–Crippen LogP) is 3.30. The van der Waals surface area contributed by atoms with Crippen LogP contribution < -0.4 is 10.2 Å².